The molecule has 1 rings (SSSR count). The molecule has 4 nitrogen and oxygen atoms in total. The molecule has 1 aliphatic heterocycles. The number of amides is 3. The Kier molecular flexibility index (Phi) is 2.12. The molecular formula is C7H12N2O2. The number of hydrogen-bond acceptors (Lipinski definition) is 2. The molecule has 0 spiro atoms. The first kappa shape index (κ1) is 8.04. The predicted molar refractivity (Wildman–Crippen MR) is 39.9 cm³/mol. The zero-order valence-corrected chi connectivity index (χ0v) is 6.68. The van der Waals surface area contributed by atoms with Gasteiger partial charge in [-0.25, -0.2) is 4.79 Å². The van der Waals surface area contributed by atoms with Crippen LogP contribution in [0.1, 0.15) is 20.3 Å². The van der Waals surface area contributed by atoms with E-state index >= 15 is 0 Å². The van der Waals surface area contributed by atoms with Gasteiger partial charge in [0.05, 0.1) is 0 Å². The Morgan fingerprint density at radius 3 is 2.55 bits per heavy atom. The molecule has 1 heterocycles. The molecular weight excluding hydrogens is 144 g/mol. The highest BCUT2D eigenvalue weighted by atomic mass is 16.2. The molecule has 0 aromatic heterocycles. The van der Waals surface area contributed by atoms with Gasteiger partial charge in [0.15, 0.2) is 0 Å². The van der Waals surface area contributed by atoms with Crippen LogP contribution in [0.4, 0.5) is 4.79 Å². The van der Waals surface area contributed by atoms with Crippen LogP contribution in [0.15, 0.2) is 0 Å². The van der Waals surface area contributed by atoms with Crippen molar-refractivity contribution < 1.29 is 9.59 Å². The predicted octanol–water partition coefficient (Wildman–Crippen LogP) is 0.241. The van der Waals surface area contributed by atoms with Crippen LogP contribution in [0.25, 0.3) is 0 Å². The molecule has 0 unspecified atom stereocenters. The average Bonchev–Trinajstić information content (AvgIpc) is 2.28. The van der Waals surface area contributed by atoms with Crippen LogP contribution >= 0.6 is 0 Å². The Morgan fingerprint density at radius 2 is 2.18 bits per heavy atom. The smallest absolute Gasteiger partial charge is 0.322 e. The highest BCUT2D eigenvalue weighted by Crippen LogP contribution is 2.10. The Balaban J connectivity index is 2.59. The average molecular weight is 156 g/mol. The number of rotatable bonds is 2. The number of urea groups is 1. The Labute approximate surface area is 65.3 Å². The molecule has 1 saturated heterocycles. The maximum absolute atomic E-state index is 11.0. The summed E-state index contributed by atoms with van der Waals surface area (Å²) in [5.41, 5.74) is 0. The van der Waals surface area contributed by atoms with Crippen LogP contribution in [-0.4, -0.2) is 18.0 Å². The molecule has 11 heavy (non-hydrogen) atoms. The van der Waals surface area contributed by atoms with Crippen LogP contribution < -0.4 is 10.6 Å². The topological polar surface area (TPSA) is 58.2 Å². The molecule has 0 aromatic carbocycles. The minimum absolute atomic E-state index is 0.204. The molecule has 0 bridgehead atoms. The highest BCUT2D eigenvalue weighted by Gasteiger charge is 2.32. The minimum Gasteiger partial charge on any atom is -0.326 e. The summed E-state index contributed by atoms with van der Waals surface area (Å²) < 4.78 is 0. The Bertz CT molecular complexity index is 191. The summed E-state index contributed by atoms with van der Waals surface area (Å²) in [6, 6.07) is -0.701. The third kappa shape index (κ3) is 1.50. The van der Waals surface area contributed by atoms with Gasteiger partial charge in [-0.1, -0.05) is 20.3 Å². The molecule has 3 amide bonds. The second kappa shape index (κ2) is 2.90. The number of hydrogen-bond donors (Lipinski definition) is 2. The fourth-order valence-electron chi connectivity index (χ4n) is 1.07. The van der Waals surface area contributed by atoms with Crippen molar-refractivity contribution in [3.05, 3.63) is 0 Å². The van der Waals surface area contributed by atoms with Crippen LogP contribution in [0, 0.1) is 5.92 Å². The van der Waals surface area contributed by atoms with Gasteiger partial charge in [0.25, 0.3) is 5.91 Å². The third-order valence-corrected chi connectivity index (χ3v) is 2.02. The fraction of sp³-hybridized carbons (Fsp3) is 0.714. The molecule has 2 atom stereocenters. The first-order valence-corrected chi connectivity index (χ1v) is 3.76. The van der Waals surface area contributed by atoms with E-state index in [0.29, 0.717) is 0 Å². The van der Waals surface area contributed by atoms with E-state index < -0.39 is 0 Å². The third-order valence-electron chi connectivity index (χ3n) is 2.02. The quantitative estimate of drug-likeness (QED) is 0.563. The standard InChI is InChI=1S/C7H12N2O2/c1-3-4(2)5-6(10)9-7(11)8-5/h4-5H,3H2,1-2H3,(H2,8,9,10,11)/t4-,5+/m0/s1. The van der Waals surface area contributed by atoms with E-state index in [0.717, 1.165) is 6.42 Å². The molecule has 1 fully saturated rings. The fourth-order valence-corrected chi connectivity index (χ4v) is 1.07. The molecule has 0 radical (unpaired) electrons. The van der Waals surface area contributed by atoms with Crippen LogP contribution in [0.5, 0.6) is 0 Å². The van der Waals surface area contributed by atoms with E-state index in [1.54, 1.807) is 0 Å². The molecule has 4 heteroatoms. The van der Waals surface area contributed by atoms with Gasteiger partial charge in [-0.2, -0.15) is 0 Å². The summed E-state index contributed by atoms with van der Waals surface area (Å²) in [6.45, 7) is 3.93. The van der Waals surface area contributed by atoms with Gasteiger partial charge in [0.1, 0.15) is 6.04 Å². The maximum Gasteiger partial charge on any atom is 0.322 e. The molecule has 62 valence electrons. The molecule has 2 N–H and O–H groups in total. The van der Waals surface area contributed by atoms with Gasteiger partial charge in [-0.15, -0.1) is 0 Å². The largest absolute Gasteiger partial charge is 0.326 e. The lowest BCUT2D eigenvalue weighted by Gasteiger charge is -2.13. The minimum atomic E-state index is -0.375. The summed E-state index contributed by atoms with van der Waals surface area (Å²) in [4.78, 5) is 21.6. The number of carbonyl (C=O) groups is 2. The van der Waals surface area contributed by atoms with E-state index in [4.69, 9.17) is 0 Å². The van der Waals surface area contributed by atoms with Crippen molar-refractivity contribution in [1.82, 2.24) is 10.6 Å². The zero-order valence-electron chi connectivity index (χ0n) is 6.68. The van der Waals surface area contributed by atoms with Gasteiger partial charge >= 0.3 is 6.03 Å². The zero-order chi connectivity index (χ0) is 8.43. The van der Waals surface area contributed by atoms with E-state index in [2.05, 4.69) is 10.6 Å². The van der Waals surface area contributed by atoms with Crippen molar-refractivity contribution in [2.75, 3.05) is 0 Å². The van der Waals surface area contributed by atoms with Crippen molar-refractivity contribution in [1.29, 1.82) is 0 Å². The SMILES string of the molecule is CC[C@H](C)[C@H]1NC(=O)NC1=O. The Morgan fingerprint density at radius 1 is 1.55 bits per heavy atom. The monoisotopic (exact) mass is 156 g/mol. The van der Waals surface area contributed by atoms with Crippen molar-refractivity contribution >= 4 is 11.9 Å². The summed E-state index contributed by atoms with van der Waals surface area (Å²) in [7, 11) is 0. The lowest BCUT2D eigenvalue weighted by atomic mass is 10.00. The van der Waals surface area contributed by atoms with Crippen molar-refractivity contribution in [3.63, 3.8) is 0 Å². The Hall–Kier alpha value is -1.06. The van der Waals surface area contributed by atoms with E-state index in [9.17, 15) is 9.59 Å². The van der Waals surface area contributed by atoms with Crippen molar-refractivity contribution in [2.24, 2.45) is 5.92 Å². The molecule has 0 saturated carbocycles. The van der Waals surface area contributed by atoms with Crippen LogP contribution in [0.2, 0.25) is 0 Å². The van der Waals surface area contributed by atoms with Gasteiger partial charge < -0.3 is 5.32 Å². The normalized spacial score (nSPS) is 26.2. The molecule has 0 aromatic rings. The van der Waals surface area contributed by atoms with Crippen LogP contribution in [0.3, 0.4) is 0 Å². The summed E-state index contributed by atoms with van der Waals surface area (Å²) in [5.74, 6) is 0.00537. The molecule has 1 aliphatic rings. The van der Waals surface area contributed by atoms with Crippen LogP contribution in [-0.2, 0) is 4.79 Å². The van der Waals surface area contributed by atoms with Crippen molar-refractivity contribution in [2.45, 2.75) is 26.3 Å². The number of imide groups is 1. The summed E-state index contributed by atoms with van der Waals surface area (Å²) in [5, 5.41) is 4.75. The summed E-state index contributed by atoms with van der Waals surface area (Å²) in [6.07, 6.45) is 0.887. The summed E-state index contributed by atoms with van der Waals surface area (Å²) >= 11 is 0. The first-order valence-electron chi connectivity index (χ1n) is 3.76. The second-order valence-corrected chi connectivity index (χ2v) is 2.83. The van der Waals surface area contributed by atoms with Gasteiger partial charge in [0.2, 0.25) is 0 Å². The van der Waals surface area contributed by atoms with E-state index in [1.807, 2.05) is 13.8 Å². The van der Waals surface area contributed by atoms with Gasteiger partial charge in [-0.05, 0) is 5.92 Å². The second-order valence-electron chi connectivity index (χ2n) is 2.83. The molecule has 0 aliphatic carbocycles. The first-order chi connectivity index (χ1) is 5.15. The van der Waals surface area contributed by atoms with Gasteiger partial charge in [-0.3, -0.25) is 10.1 Å². The van der Waals surface area contributed by atoms with E-state index in [-0.39, 0.29) is 23.9 Å². The lowest BCUT2D eigenvalue weighted by Crippen LogP contribution is -2.35. The van der Waals surface area contributed by atoms with E-state index in [1.165, 1.54) is 0 Å². The lowest BCUT2D eigenvalue weighted by molar-refractivity contribution is -0.121. The highest BCUT2D eigenvalue weighted by molar-refractivity contribution is 6.04. The number of carbonyl (C=O) groups excluding carboxylic acids is 2. The number of nitrogens with one attached hydrogen (secondary N) is 2. The van der Waals surface area contributed by atoms with Crippen molar-refractivity contribution in [3.8, 4) is 0 Å². The maximum atomic E-state index is 11.0. The van der Waals surface area contributed by atoms with Gasteiger partial charge in [0, 0.05) is 0 Å².